The SMILES string of the molecule is CCCC[O][Mo](=[O])(=[S])([CH2]CCC)([CH2]CCC)[O]CCCC. The van der Waals surface area contributed by atoms with Gasteiger partial charge in [-0.05, 0) is 0 Å². The van der Waals surface area contributed by atoms with Gasteiger partial charge in [-0.25, -0.2) is 0 Å². The van der Waals surface area contributed by atoms with Crippen molar-refractivity contribution < 1.29 is 22.6 Å². The molecule has 0 atom stereocenters. The molecule has 21 heavy (non-hydrogen) atoms. The molecule has 0 bridgehead atoms. The third kappa shape index (κ3) is 7.63. The van der Waals surface area contributed by atoms with Crippen LogP contribution < -0.4 is 0 Å². The number of unbranched alkanes of at least 4 members (excludes halogenated alkanes) is 4. The molecule has 0 saturated heterocycles. The molecule has 0 N–H and O–H groups in total. The topological polar surface area (TPSA) is 35.5 Å². The summed E-state index contributed by atoms with van der Waals surface area (Å²) in [7, 11) is 5.82. The predicted octanol–water partition coefficient (Wildman–Crippen LogP) is 6.57. The van der Waals surface area contributed by atoms with Crippen molar-refractivity contribution in [2.75, 3.05) is 13.2 Å². The van der Waals surface area contributed by atoms with E-state index in [4.69, 9.17) is 16.6 Å². The molecule has 0 aliphatic rings. The summed E-state index contributed by atoms with van der Waals surface area (Å²) < 4.78 is 26.1. The Kier molecular flexibility index (Phi) is 9.32. The van der Waals surface area contributed by atoms with E-state index in [-0.39, 0.29) is 0 Å². The third-order valence-corrected chi connectivity index (χ3v) is 16.8. The van der Waals surface area contributed by atoms with Crippen LogP contribution in [0.2, 0.25) is 9.62 Å². The molecular formula is C16H36MoO3S. The number of hydrogen-bond donors (Lipinski definition) is 0. The zero-order valence-electron chi connectivity index (χ0n) is 14.5. The fourth-order valence-electron chi connectivity index (χ4n) is 2.18. The minimum absolute atomic E-state index is 0.431. The quantitative estimate of drug-likeness (QED) is 0.242. The van der Waals surface area contributed by atoms with Crippen LogP contribution in [-0.4, -0.2) is 13.2 Å². The van der Waals surface area contributed by atoms with E-state index in [1.807, 2.05) is 0 Å². The average molecular weight is 404 g/mol. The van der Waals surface area contributed by atoms with E-state index in [9.17, 15) is 3.40 Å². The van der Waals surface area contributed by atoms with Crippen molar-refractivity contribution in [3.05, 3.63) is 0 Å². The van der Waals surface area contributed by atoms with Crippen molar-refractivity contribution >= 4 is 9.82 Å². The molecule has 0 aromatic carbocycles. The Bertz CT molecular complexity index is 396. The van der Waals surface area contributed by atoms with Crippen LogP contribution in [0, 0.1) is 0 Å². The number of rotatable bonds is 14. The van der Waals surface area contributed by atoms with Crippen molar-refractivity contribution in [2.24, 2.45) is 0 Å². The summed E-state index contributed by atoms with van der Waals surface area (Å²) in [5.74, 6) is 0. The average Bonchev–Trinajstić information content (AvgIpc) is 2.45. The molecule has 130 valence electrons. The van der Waals surface area contributed by atoms with Crippen LogP contribution in [-0.2, 0) is 22.6 Å². The van der Waals surface area contributed by atoms with Crippen LogP contribution >= 0.6 is 9.82 Å². The Morgan fingerprint density at radius 2 is 1.05 bits per heavy atom. The standard InChI is InChI=1S/2C4H9O.2C4H9.Mo.O.S/c2*1-2-3-4-5;2*1-3-4-2;;;/h2*2-4H2,1H3;2*1,3-4H2,2H3;;;/q2*-1;;;+2;;. The Balaban J connectivity index is 5.36. The Hall–Kier alpha value is 0.628. The monoisotopic (exact) mass is 406 g/mol. The van der Waals surface area contributed by atoms with E-state index in [0.29, 0.717) is 22.8 Å². The second kappa shape index (κ2) is 9.05. The molecule has 5 heteroatoms. The molecule has 0 saturated carbocycles. The predicted molar refractivity (Wildman–Crippen MR) is 89.4 cm³/mol. The van der Waals surface area contributed by atoms with E-state index >= 15 is 0 Å². The first-order valence-electron chi connectivity index (χ1n) is 8.65. The van der Waals surface area contributed by atoms with Crippen LogP contribution in [0.1, 0.15) is 79.1 Å². The molecule has 3 nitrogen and oxygen atoms in total. The summed E-state index contributed by atoms with van der Waals surface area (Å²) in [5.41, 5.74) is 0. The maximum atomic E-state index is 14.1. The Labute approximate surface area is 134 Å². The molecule has 0 unspecified atom stereocenters. The van der Waals surface area contributed by atoms with E-state index < -0.39 is 12.5 Å². The fourth-order valence-corrected chi connectivity index (χ4v) is 13.7. The van der Waals surface area contributed by atoms with Crippen LogP contribution in [0.4, 0.5) is 0 Å². The minimum atomic E-state index is -5.49. The number of hydrogen-bond acceptors (Lipinski definition) is 4. The zero-order chi connectivity index (χ0) is 16.3. The van der Waals surface area contributed by atoms with Crippen molar-refractivity contribution in [2.45, 2.75) is 88.7 Å². The van der Waals surface area contributed by atoms with Gasteiger partial charge in [-0.15, -0.1) is 0 Å². The van der Waals surface area contributed by atoms with Crippen LogP contribution in [0.25, 0.3) is 0 Å². The van der Waals surface area contributed by atoms with Crippen LogP contribution in [0.5, 0.6) is 0 Å². The second-order valence-corrected chi connectivity index (χ2v) is 22.0. The maximum absolute atomic E-state index is 14.1. The molecule has 0 rings (SSSR count). The Morgan fingerprint density at radius 1 is 0.714 bits per heavy atom. The van der Waals surface area contributed by atoms with Crippen molar-refractivity contribution in [1.29, 1.82) is 0 Å². The van der Waals surface area contributed by atoms with Gasteiger partial charge in [0, 0.05) is 0 Å². The fraction of sp³-hybridized carbons (Fsp3) is 1.00. The summed E-state index contributed by atoms with van der Waals surface area (Å²) in [5, 5.41) is 0. The molecule has 0 spiro atoms. The van der Waals surface area contributed by atoms with Crippen molar-refractivity contribution in [3.8, 4) is 0 Å². The van der Waals surface area contributed by atoms with Gasteiger partial charge in [0.2, 0.25) is 0 Å². The molecule has 0 radical (unpaired) electrons. The summed E-state index contributed by atoms with van der Waals surface area (Å²) in [4.78, 5) is 0.863. The first-order valence-corrected chi connectivity index (χ1v) is 16.7. The molecule has 0 aromatic rings. The molecular weight excluding hydrogens is 368 g/mol. The summed E-state index contributed by atoms with van der Waals surface area (Å²) >= 11 is -5.49. The van der Waals surface area contributed by atoms with Gasteiger partial charge < -0.3 is 0 Å². The van der Waals surface area contributed by atoms with Gasteiger partial charge in [0.25, 0.3) is 0 Å². The van der Waals surface area contributed by atoms with Crippen LogP contribution in [0.15, 0.2) is 0 Å². The van der Waals surface area contributed by atoms with Gasteiger partial charge in [0.1, 0.15) is 0 Å². The van der Waals surface area contributed by atoms with Crippen molar-refractivity contribution in [1.82, 2.24) is 0 Å². The van der Waals surface area contributed by atoms with Gasteiger partial charge in [-0.1, -0.05) is 0 Å². The van der Waals surface area contributed by atoms with E-state index in [0.717, 1.165) is 51.4 Å². The Morgan fingerprint density at radius 3 is 1.33 bits per heavy atom. The molecule has 0 aliphatic carbocycles. The third-order valence-electron chi connectivity index (χ3n) is 3.74. The van der Waals surface area contributed by atoms with Gasteiger partial charge in [-0.2, -0.15) is 0 Å². The van der Waals surface area contributed by atoms with E-state index in [2.05, 4.69) is 27.7 Å². The van der Waals surface area contributed by atoms with Gasteiger partial charge >= 0.3 is 134 Å². The second-order valence-electron chi connectivity index (χ2n) is 6.02. The zero-order valence-corrected chi connectivity index (χ0v) is 17.4. The first-order chi connectivity index (χ1) is 9.80. The van der Waals surface area contributed by atoms with Gasteiger partial charge in [0.05, 0.1) is 0 Å². The molecule has 0 amide bonds. The molecule has 0 aliphatic heterocycles. The van der Waals surface area contributed by atoms with Crippen LogP contribution in [0.3, 0.4) is 0 Å². The molecule has 0 heterocycles. The van der Waals surface area contributed by atoms with Crippen molar-refractivity contribution in [3.63, 3.8) is 0 Å². The van der Waals surface area contributed by atoms with E-state index in [1.54, 1.807) is 0 Å². The molecule has 0 fully saturated rings. The normalized spacial score (nSPS) is 15.6. The first kappa shape index (κ1) is 21.6. The van der Waals surface area contributed by atoms with Gasteiger partial charge in [-0.3, -0.25) is 0 Å². The van der Waals surface area contributed by atoms with Gasteiger partial charge in [0.15, 0.2) is 0 Å². The molecule has 0 aromatic heterocycles. The summed E-state index contributed by atoms with van der Waals surface area (Å²) in [6.45, 7) is 9.31. The summed E-state index contributed by atoms with van der Waals surface area (Å²) in [6, 6.07) is 0. The van der Waals surface area contributed by atoms with E-state index in [1.165, 1.54) is 0 Å². The summed E-state index contributed by atoms with van der Waals surface area (Å²) in [6.07, 6.45) is 7.36.